The molecule has 2 fully saturated rings. The molecule has 0 aromatic carbocycles. The topological polar surface area (TPSA) is 45.4 Å². The molecule has 2 N–H and O–H groups in total. The number of hydrogen-bond donors (Lipinski definition) is 1. The fourth-order valence-corrected chi connectivity index (χ4v) is 4.28. The number of anilines is 1. The van der Waals surface area contributed by atoms with E-state index < -0.39 is 0 Å². The molecule has 21 heavy (non-hydrogen) atoms. The molecule has 1 unspecified atom stereocenters. The third-order valence-corrected chi connectivity index (χ3v) is 5.46. The van der Waals surface area contributed by atoms with Crippen LogP contribution < -0.4 is 10.6 Å². The molecule has 1 aliphatic carbocycles. The van der Waals surface area contributed by atoms with E-state index in [0.29, 0.717) is 6.54 Å². The zero-order valence-corrected chi connectivity index (χ0v) is 12.9. The Morgan fingerprint density at radius 3 is 3.00 bits per heavy atom. The normalized spacial score (nSPS) is 25.8. The number of nitrogens with two attached hydrogens (primary N) is 1. The molecule has 1 aromatic heterocycles. The number of fused-ring (bicyclic) bond motifs is 2. The number of aromatic nitrogens is 1. The Morgan fingerprint density at radius 2 is 2.10 bits per heavy atom. The largest absolute Gasteiger partial charge is 0.353 e. The molecule has 0 radical (unpaired) electrons. The van der Waals surface area contributed by atoms with Crippen LogP contribution in [0.25, 0.3) is 0 Å². The first-order chi connectivity index (χ1) is 10.3. The van der Waals surface area contributed by atoms with Gasteiger partial charge in [-0.15, -0.1) is 0 Å². The predicted molar refractivity (Wildman–Crippen MR) is 85.6 cm³/mol. The second kappa shape index (κ2) is 5.58. The summed E-state index contributed by atoms with van der Waals surface area (Å²) in [4.78, 5) is 10.2. The van der Waals surface area contributed by atoms with Crippen molar-refractivity contribution in [2.45, 2.75) is 51.1 Å². The van der Waals surface area contributed by atoms with Crippen LogP contribution in [0.3, 0.4) is 0 Å². The zero-order valence-electron chi connectivity index (χ0n) is 12.9. The molecule has 0 amide bonds. The van der Waals surface area contributed by atoms with Crippen LogP contribution in [0, 0.1) is 0 Å². The van der Waals surface area contributed by atoms with Crippen molar-refractivity contribution in [2.75, 3.05) is 31.1 Å². The van der Waals surface area contributed by atoms with E-state index in [4.69, 9.17) is 10.7 Å². The number of nitrogens with zero attached hydrogens (tertiary/aromatic N) is 3. The molecule has 4 rings (SSSR count). The summed E-state index contributed by atoms with van der Waals surface area (Å²) >= 11 is 0. The summed E-state index contributed by atoms with van der Waals surface area (Å²) in [6.07, 6.45) is 7.70. The van der Waals surface area contributed by atoms with Crippen molar-refractivity contribution >= 4 is 5.82 Å². The Labute approximate surface area is 127 Å². The van der Waals surface area contributed by atoms with Crippen LogP contribution in [0.1, 0.15) is 42.5 Å². The summed E-state index contributed by atoms with van der Waals surface area (Å²) in [6, 6.07) is 3.06. The van der Waals surface area contributed by atoms with Crippen molar-refractivity contribution < 1.29 is 0 Å². The molecular weight excluding hydrogens is 260 g/mol. The standard InChI is InChI=1S/C17H26N4/c18-11-14-10-13-4-3-6-16(13)19-17(14)21-9-8-20-7-2-1-5-15(20)12-21/h10,15H,1-9,11-12,18H2. The molecule has 0 bridgehead atoms. The second-order valence-electron chi connectivity index (χ2n) is 6.77. The maximum atomic E-state index is 6.01. The first-order valence-corrected chi connectivity index (χ1v) is 8.56. The third-order valence-electron chi connectivity index (χ3n) is 5.46. The Hall–Kier alpha value is -1.13. The van der Waals surface area contributed by atoms with Gasteiger partial charge in [-0.25, -0.2) is 4.98 Å². The van der Waals surface area contributed by atoms with Gasteiger partial charge in [-0.05, 0) is 50.3 Å². The van der Waals surface area contributed by atoms with E-state index in [1.807, 2.05) is 0 Å². The molecule has 114 valence electrons. The van der Waals surface area contributed by atoms with E-state index in [1.165, 1.54) is 67.8 Å². The summed E-state index contributed by atoms with van der Waals surface area (Å²) in [5, 5.41) is 0. The van der Waals surface area contributed by atoms with Crippen LogP contribution in [-0.2, 0) is 19.4 Å². The van der Waals surface area contributed by atoms with Crippen LogP contribution >= 0.6 is 0 Å². The number of piperidine rings is 1. The number of rotatable bonds is 2. The van der Waals surface area contributed by atoms with E-state index in [1.54, 1.807) is 0 Å². The number of aryl methyl sites for hydroxylation is 2. The minimum atomic E-state index is 0.612. The molecule has 2 saturated heterocycles. The van der Waals surface area contributed by atoms with Crippen molar-refractivity contribution in [3.05, 3.63) is 22.9 Å². The maximum Gasteiger partial charge on any atom is 0.133 e. The minimum absolute atomic E-state index is 0.612. The van der Waals surface area contributed by atoms with Gasteiger partial charge in [0.15, 0.2) is 0 Å². The summed E-state index contributed by atoms with van der Waals surface area (Å²) < 4.78 is 0. The quantitative estimate of drug-likeness (QED) is 0.899. The molecule has 2 aliphatic heterocycles. The van der Waals surface area contributed by atoms with Crippen molar-refractivity contribution in [3.8, 4) is 0 Å². The van der Waals surface area contributed by atoms with Crippen molar-refractivity contribution in [3.63, 3.8) is 0 Å². The monoisotopic (exact) mass is 286 g/mol. The van der Waals surface area contributed by atoms with Crippen molar-refractivity contribution in [1.82, 2.24) is 9.88 Å². The van der Waals surface area contributed by atoms with Gasteiger partial charge in [-0.2, -0.15) is 0 Å². The Morgan fingerprint density at radius 1 is 1.14 bits per heavy atom. The van der Waals surface area contributed by atoms with Crippen LogP contribution in [0.15, 0.2) is 6.07 Å². The maximum absolute atomic E-state index is 6.01. The lowest BCUT2D eigenvalue weighted by Crippen LogP contribution is -2.55. The van der Waals surface area contributed by atoms with Gasteiger partial charge in [0.25, 0.3) is 0 Å². The van der Waals surface area contributed by atoms with Gasteiger partial charge in [-0.3, -0.25) is 4.90 Å². The van der Waals surface area contributed by atoms with Gasteiger partial charge in [0.05, 0.1) is 0 Å². The predicted octanol–water partition coefficient (Wildman–Crippen LogP) is 1.70. The number of pyridine rings is 1. The highest BCUT2D eigenvalue weighted by Crippen LogP contribution is 2.30. The molecule has 4 nitrogen and oxygen atoms in total. The van der Waals surface area contributed by atoms with Gasteiger partial charge in [-0.1, -0.05) is 6.42 Å². The van der Waals surface area contributed by atoms with Gasteiger partial charge in [0.2, 0.25) is 0 Å². The van der Waals surface area contributed by atoms with Crippen LogP contribution in [0.5, 0.6) is 0 Å². The first-order valence-electron chi connectivity index (χ1n) is 8.56. The molecule has 3 heterocycles. The molecule has 3 aliphatic rings. The van der Waals surface area contributed by atoms with Gasteiger partial charge in [0.1, 0.15) is 5.82 Å². The number of hydrogen-bond acceptors (Lipinski definition) is 4. The molecule has 1 aromatic rings. The average molecular weight is 286 g/mol. The highest BCUT2D eigenvalue weighted by Gasteiger charge is 2.30. The first kappa shape index (κ1) is 13.5. The Kier molecular flexibility index (Phi) is 3.59. The van der Waals surface area contributed by atoms with Gasteiger partial charge < -0.3 is 10.6 Å². The lowest BCUT2D eigenvalue weighted by molar-refractivity contribution is 0.133. The third kappa shape index (κ3) is 2.44. The molecule has 0 saturated carbocycles. The lowest BCUT2D eigenvalue weighted by atomic mass is 9.99. The van der Waals surface area contributed by atoms with Gasteiger partial charge >= 0.3 is 0 Å². The average Bonchev–Trinajstić information content (AvgIpc) is 3.00. The molecule has 4 heteroatoms. The SMILES string of the molecule is NCc1cc2c(nc1N1CCN3CCCCC3C1)CCC2. The van der Waals surface area contributed by atoms with Crippen LogP contribution in [0.4, 0.5) is 5.82 Å². The second-order valence-corrected chi connectivity index (χ2v) is 6.77. The van der Waals surface area contributed by atoms with Crippen molar-refractivity contribution in [1.29, 1.82) is 0 Å². The summed E-state index contributed by atoms with van der Waals surface area (Å²) in [6.45, 7) is 5.34. The van der Waals surface area contributed by atoms with E-state index in [-0.39, 0.29) is 0 Å². The smallest absolute Gasteiger partial charge is 0.133 e. The Bertz CT molecular complexity index is 528. The molecule has 0 spiro atoms. The van der Waals surface area contributed by atoms with Crippen molar-refractivity contribution in [2.24, 2.45) is 5.73 Å². The highest BCUT2D eigenvalue weighted by atomic mass is 15.3. The minimum Gasteiger partial charge on any atom is -0.353 e. The van der Waals surface area contributed by atoms with Gasteiger partial charge in [0, 0.05) is 43.5 Å². The summed E-state index contributed by atoms with van der Waals surface area (Å²) in [5.41, 5.74) is 10.0. The summed E-state index contributed by atoms with van der Waals surface area (Å²) in [5.74, 6) is 1.18. The van der Waals surface area contributed by atoms with E-state index in [9.17, 15) is 0 Å². The Balaban J connectivity index is 1.61. The molecule has 1 atom stereocenters. The highest BCUT2D eigenvalue weighted by molar-refractivity contribution is 5.51. The van der Waals surface area contributed by atoms with E-state index in [2.05, 4.69) is 15.9 Å². The van der Waals surface area contributed by atoms with E-state index in [0.717, 1.165) is 25.6 Å². The van der Waals surface area contributed by atoms with Crippen LogP contribution in [-0.4, -0.2) is 42.1 Å². The fraction of sp³-hybridized carbons (Fsp3) is 0.706. The van der Waals surface area contributed by atoms with Crippen LogP contribution in [0.2, 0.25) is 0 Å². The van der Waals surface area contributed by atoms with E-state index >= 15 is 0 Å². The lowest BCUT2D eigenvalue weighted by Gasteiger charge is -2.44. The number of piperazine rings is 1. The fourth-order valence-electron chi connectivity index (χ4n) is 4.28. The zero-order chi connectivity index (χ0) is 14.2. The molecular formula is C17H26N4. The summed E-state index contributed by atoms with van der Waals surface area (Å²) in [7, 11) is 0.